The van der Waals surface area contributed by atoms with Gasteiger partial charge in [0.1, 0.15) is 29.9 Å². The fraction of sp³-hybridized carbons (Fsp3) is 0.913. The highest BCUT2D eigenvalue weighted by Gasteiger charge is 2.53. The molecular weight excluding hydrogens is 514 g/mol. The van der Waals surface area contributed by atoms with E-state index in [4.69, 9.17) is 29.4 Å². The quantitative estimate of drug-likeness (QED) is 0.105. The zero-order valence-electron chi connectivity index (χ0n) is 21.2. The normalized spacial score (nSPS) is 36.2. The van der Waals surface area contributed by atoms with E-state index >= 15 is 0 Å². The maximum atomic E-state index is 12.0. The topological polar surface area (TPSA) is 207 Å². The Balaban J connectivity index is 2.33. The summed E-state index contributed by atoms with van der Waals surface area (Å²) in [7, 11) is 0. The lowest BCUT2D eigenvalue weighted by atomic mass is 9.95. The molecule has 216 valence electrons. The highest BCUT2D eigenvalue weighted by Crippen LogP contribution is 2.36. The molecule has 2 fully saturated rings. The number of unbranched alkanes of at least 4 members (excludes halogenated alkanes) is 2. The molecular formula is C23H41NO12S. The first-order chi connectivity index (χ1) is 17.6. The second-order valence-electron chi connectivity index (χ2n) is 9.05. The van der Waals surface area contributed by atoms with Crippen LogP contribution in [0.25, 0.3) is 0 Å². The van der Waals surface area contributed by atoms with Crippen LogP contribution in [-0.4, -0.2) is 124 Å². The first kappa shape index (κ1) is 32.1. The number of hydrogen-bond donors (Lipinski definition) is 6. The van der Waals surface area contributed by atoms with Crippen LogP contribution in [0.15, 0.2) is 0 Å². The van der Waals surface area contributed by atoms with E-state index in [1.54, 1.807) is 0 Å². The van der Waals surface area contributed by atoms with Gasteiger partial charge < -0.3 is 55.0 Å². The molecule has 0 bridgehead atoms. The number of carbonyl (C=O) groups excluding carboxylic acids is 2. The second-order valence-corrected chi connectivity index (χ2v) is 10.3. The summed E-state index contributed by atoms with van der Waals surface area (Å²) in [6.45, 7) is 2.22. The molecule has 7 N–H and O–H groups in total. The molecule has 13 nitrogen and oxygen atoms in total. The summed E-state index contributed by atoms with van der Waals surface area (Å²) >= 11 is 1.35. The number of rotatable bonds is 14. The van der Waals surface area contributed by atoms with Gasteiger partial charge in [-0.2, -0.15) is 0 Å². The maximum Gasteiger partial charge on any atom is 0.303 e. The molecule has 2 rings (SSSR count). The van der Waals surface area contributed by atoms with E-state index in [2.05, 4.69) is 0 Å². The van der Waals surface area contributed by atoms with Gasteiger partial charge in [0.25, 0.3) is 0 Å². The van der Waals surface area contributed by atoms with Gasteiger partial charge in [0.15, 0.2) is 18.5 Å². The Labute approximate surface area is 220 Å². The number of aliphatic hydroxyl groups is 5. The van der Waals surface area contributed by atoms with Gasteiger partial charge in [-0.3, -0.25) is 9.59 Å². The number of ether oxygens (including phenoxy) is 5. The first-order valence-electron chi connectivity index (χ1n) is 12.5. The summed E-state index contributed by atoms with van der Waals surface area (Å²) in [5, 5.41) is 51.0. The van der Waals surface area contributed by atoms with Crippen LogP contribution < -0.4 is 5.73 Å². The summed E-state index contributed by atoms with van der Waals surface area (Å²) in [6.07, 6.45) is -9.23. The maximum absolute atomic E-state index is 12.0. The third kappa shape index (κ3) is 9.27. The second kappa shape index (κ2) is 16.1. The van der Waals surface area contributed by atoms with E-state index in [9.17, 15) is 35.1 Å². The van der Waals surface area contributed by atoms with Gasteiger partial charge in [-0.25, -0.2) is 0 Å². The molecule has 0 amide bonds. The lowest BCUT2D eigenvalue weighted by Gasteiger charge is -2.47. The zero-order chi connectivity index (χ0) is 27.5. The Morgan fingerprint density at radius 2 is 1.41 bits per heavy atom. The predicted molar refractivity (Wildman–Crippen MR) is 130 cm³/mol. The third-order valence-electron chi connectivity index (χ3n) is 6.12. The summed E-state index contributed by atoms with van der Waals surface area (Å²) in [5.74, 6) is -0.794. The molecule has 0 aromatic rings. The van der Waals surface area contributed by atoms with E-state index in [1.807, 2.05) is 0 Å². The van der Waals surface area contributed by atoms with Crippen molar-refractivity contribution in [3.8, 4) is 0 Å². The van der Waals surface area contributed by atoms with Crippen LogP contribution in [0.2, 0.25) is 0 Å². The minimum absolute atomic E-state index is 0.0526. The number of esters is 2. The molecule has 0 radical (unpaired) electrons. The monoisotopic (exact) mass is 555 g/mol. The smallest absolute Gasteiger partial charge is 0.303 e. The minimum atomic E-state index is -1.62. The highest BCUT2D eigenvalue weighted by atomic mass is 32.2. The molecule has 2 aliphatic heterocycles. The van der Waals surface area contributed by atoms with Crippen molar-refractivity contribution in [1.29, 1.82) is 0 Å². The molecule has 10 atom stereocenters. The average molecular weight is 556 g/mol. The van der Waals surface area contributed by atoms with Gasteiger partial charge >= 0.3 is 11.9 Å². The van der Waals surface area contributed by atoms with Crippen LogP contribution >= 0.6 is 11.8 Å². The van der Waals surface area contributed by atoms with E-state index < -0.39 is 72.5 Å². The molecule has 0 saturated carbocycles. The predicted octanol–water partition coefficient (Wildman–Crippen LogP) is -1.61. The molecule has 0 spiro atoms. The molecule has 2 saturated heterocycles. The SMILES string of the molecule is CC(=O)O[C@@H]1[C@@H](O[C@H]2[C@H](O)[C@@H](CCO)O[C@H](SCCCCCN)[C@H]2OC(C)=O)O[C@H](CCO)[C@@H](O)[C@@H]1O. The van der Waals surface area contributed by atoms with Crippen LogP contribution in [0.3, 0.4) is 0 Å². The fourth-order valence-electron chi connectivity index (χ4n) is 4.34. The van der Waals surface area contributed by atoms with Gasteiger partial charge in [0.05, 0.1) is 12.2 Å². The molecule has 0 unspecified atom stereocenters. The molecule has 0 aliphatic carbocycles. The Morgan fingerprint density at radius 1 is 0.811 bits per heavy atom. The number of carbonyl (C=O) groups is 2. The van der Waals surface area contributed by atoms with Crippen molar-refractivity contribution in [2.24, 2.45) is 5.73 Å². The van der Waals surface area contributed by atoms with Crippen LogP contribution in [0.1, 0.15) is 46.0 Å². The van der Waals surface area contributed by atoms with E-state index in [0.29, 0.717) is 12.3 Å². The zero-order valence-corrected chi connectivity index (χ0v) is 22.0. The van der Waals surface area contributed by atoms with Crippen molar-refractivity contribution in [3.63, 3.8) is 0 Å². The molecule has 37 heavy (non-hydrogen) atoms. The summed E-state index contributed by atoms with van der Waals surface area (Å²) < 4.78 is 28.5. The van der Waals surface area contributed by atoms with Gasteiger partial charge in [0, 0.05) is 27.1 Å². The molecule has 2 heterocycles. The lowest BCUT2D eigenvalue weighted by molar-refractivity contribution is -0.337. The average Bonchev–Trinajstić information content (AvgIpc) is 2.84. The van der Waals surface area contributed by atoms with Gasteiger partial charge in [0.2, 0.25) is 0 Å². The minimum Gasteiger partial charge on any atom is -0.456 e. The first-order valence-corrected chi connectivity index (χ1v) is 13.6. The van der Waals surface area contributed by atoms with E-state index in [0.717, 1.165) is 26.2 Å². The Kier molecular flexibility index (Phi) is 14.0. The number of thioether (sulfide) groups is 1. The summed E-state index contributed by atoms with van der Waals surface area (Å²) in [5.41, 5.74) is 4.77. The molecule has 0 aromatic heterocycles. The third-order valence-corrected chi connectivity index (χ3v) is 7.35. The molecule has 0 aromatic carbocycles. The number of nitrogens with two attached hydrogens (primary N) is 1. The summed E-state index contributed by atoms with van der Waals surface area (Å²) in [4.78, 5) is 23.7. The van der Waals surface area contributed by atoms with Crippen LogP contribution in [0.4, 0.5) is 0 Å². The van der Waals surface area contributed by atoms with Crippen molar-refractivity contribution < 1.29 is 58.8 Å². The van der Waals surface area contributed by atoms with Crippen LogP contribution in [0.5, 0.6) is 0 Å². The van der Waals surface area contributed by atoms with Crippen molar-refractivity contribution in [1.82, 2.24) is 0 Å². The van der Waals surface area contributed by atoms with E-state index in [1.165, 1.54) is 18.7 Å². The van der Waals surface area contributed by atoms with E-state index in [-0.39, 0.29) is 26.1 Å². The lowest BCUT2D eigenvalue weighted by Crippen LogP contribution is -2.64. The van der Waals surface area contributed by atoms with Crippen molar-refractivity contribution in [3.05, 3.63) is 0 Å². The number of aliphatic hydroxyl groups excluding tert-OH is 5. The fourth-order valence-corrected chi connectivity index (χ4v) is 5.56. The van der Waals surface area contributed by atoms with Gasteiger partial charge in [-0.15, -0.1) is 11.8 Å². The highest BCUT2D eigenvalue weighted by molar-refractivity contribution is 7.99. The number of hydrogen-bond acceptors (Lipinski definition) is 14. The Hall–Kier alpha value is -1.07. The Bertz CT molecular complexity index is 703. The van der Waals surface area contributed by atoms with Crippen molar-refractivity contribution in [2.45, 2.75) is 107 Å². The standard InChI is InChI=1S/C23H41NO12S/c1-12(27)32-20-18(31)16(29)14(6-9-25)34-22(20)36-19-17(30)15(7-10-26)35-23(21(19)33-13(2)28)37-11-5-3-4-8-24/h14-23,25-26,29-31H,3-11,24H2,1-2H3/t14-,15-,16-,17-,18+,19+,20+,21+,22-,23-/m1/s1. The van der Waals surface area contributed by atoms with Gasteiger partial charge in [-0.1, -0.05) is 6.42 Å². The summed E-state index contributed by atoms with van der Waals surface area (Å²) in [6, 6.07) is 0. The van der Waals surface area contributed by atoms with Crippen LogP contribution in [0, 0.1) is 0 Å². The molecule has 14 heteroatoms. The largest absolute Gasteiger partial charge is 0.456 e. The Morgan fingerprint density at radius 3 is 1.97 bits per heavy atom. The van der Waals surface area contributed by atoms with Crippen molar-refractivity contribution >= 4 is 23.7 Å². The van der Waals surface area contributed by atoms with Gasteiger partial charge in [-0.05, 0) is 38.0 Å². The molecule has 2 aliphatic rings. The van der Waals surface area contributed by atoms with Crippen LogP contribution in [-0.2, 0) is 33.3 Å². The van der Waals surface area contributed by atoms with Crippen molar-refractivity contribution in [2.75, 3.05) is 25.5 Å².